The molecule has 1 saturated heterocycles. The maximum Gasteiger partial charge on any atom is 0.353 e. The number of fused-ring (bicyclic) bond motifs is 1. The Kier molecular flexibility index (Phi) is 5.07. The van der Waals surface area contributed by atoms with Crippen molar-refractivity contribution >= 4 is 41.3 Å². The molecule has 0 saturated carbocycles. The largest absolute Gasteiger partial charge is 0.477 e. The molecule has 3 N–H and O–H groups in total. The molecule has 0 spiro atoms. The van der Waals surface area contributed by atoms with Crippen LogP contribution in [0.1, 0.15) is 11.7 Å². The first-order valence-corrected chi connectivity index (χ1v) is 9.71. The Hall–Kier alpha value is -1.97. The molecule has 0 aliphatic carbocycles. The number of aliphatic hydroxyl groups excluding tert-OH is 1. The van der Waals surface area contributed by atoms with Crippen LogP contribution < -0.4 is 5.32 Å². The minimum Gasteiger partial charge on any atom is -0.477 e. The first-order chi connectivity index (χ1) is 12.0. The number of β-lactam (4-membered cyclic amide) rings is 1. The predicted molar refractivity (Wildman–Crippen MR) is 94.6 cm³/mol. The third-order valence-electron chi connectivity index (χ3n) is 4.04. The molecule has 0 unspecified atom stereocenters. The summed E-state index contributed by atoms with van der Waals surface area (Å²) < 4.78 is 0. The Labute approximate surface area is 152 Å². The van der Waals surface area contributed by atoms with Crippen LogP contribution in [0.25, 0.3) is 0 Å². The lowest BCUT2D eigenvalue weighted by Crippen LogP contribution is -2.70. The molecule has 3 rings (SSSR count). The van der Waals surface area contributed by atoms with E-state index in [1.54, 1.807) is 36.6 Å². The summed E-state index contributed by atoms with van der Waals surface area (Å²) >= 11 is 2.69. The minimum atomic E-state index is -1.38. The molecule has 1 fully saturated rings. The van der Waals surface area contributed by atoms with Crippen molar-refractivity contribution in [1.29, 1.82) is 0 Å². The molecule has 0 bridgehead atoms. The fraction of sp³-hybridized carbons (Fsp3) is 0.312. The van der Waals surface area contributed by atoms with E-state index >= 15 is 0 Å². The summed E-state index contributed by atoms with van der Waals surface area (Å²) in [5.41, 5.74) is 0.408. The van der Waals surface area contributed by atoms with Crippen molar-refractivity contribution in [2.24, 2.45) is 0 Å². The monoisotopic (exact) mass is 380 g/mol. The Morgan fingerprint density at radius 3 is 2.64 bits per heavy atom. The predicted octanol–water partition coefficient (Wildman–Crippen LogP) is 0.779. The number of nitrogens with one attached hydrogen (secondary N) is 1. The molecule has 1 aromatic rings. The number of thioether (sulfide) groups is 2. The lowest BCUT2D eigenvalue weighted by atomic mass is 10.0. The second-order valence-electron chi connectivity index (χ2n) is 5.49. The lowest BCUT2D eigenvalue weighted by molar-refractivity contribution is -0.151. The van der Waals surface area contributed by atoms with Crippen LogP contribution in [-0.2, 0) is 14.4 Å². The molecule has 0 aromatic heterocycles. The second-order valence-corrected chi connectivity index (χ2v) is 7.50. The Balaban J connectivity index is 1.73. The van der Waals surface area contributed by atoms with Crippen molar-refractivity contribution in [3.05, 3.63) is 46.5 Å². The zero-order chi connectivity index (χ0) is 18.1. The summed E-state index contributed by atoms with van der Waals surface area (Å²) in [7, 11) is 0. The number of aliphatic hydroxyl groups is 1. The van der Waals surface area contributed by atoms with Gasteiger partial charge >= 0.3 is 5.97 Å². The van der Waals surface area contributed by atoms with E-state index in [9.17, 15) is 24.6 Å². The molecular formula is C16H16N2O5S2. The van der Waals surface area contributed by atoms with Gasteiger partial charge in [-0.05, 0) is 11.8 Å². The number of amides is 2. The van der Waals surface area contributed by atoms with Crippen LogP contribution in [0, 0.1) is 0 Å². The number of aliphatic carboxylic acids is 1. The minimum absolute atomic E-state index is 0.0182. The Morgan fingerprint density at radius 2 is 2.04 bits per heavy atom. The number of carboxylic acids is 1. The summed E-state index contributed by atoms with van der Waals surface area (Å²) in [5.74, 6) is -1.85. The zero-order valence-corrected chi connectivity index (χ0v) is 14.8. The molecule has 132 valence electrons. The first kappa shape index (κ1) is 17.8. The molecular weight excluding hydrogens is 364 g/mol. The van der Waals surface area contributed by atoms with Crippen LogP contribution in [0.15, 0.2) is 40.9 Å². The van der Waals surface area contributed by atoms with Gasteiger partial charge in [0.05, 0.1) is 0 Å². The average molecular weight is 380 g/mol. The number of hydrogen-bond acceptors (Lipinski definition) is 6. The zero-order valence-electron chi connectivity index (χ0n) is 13.2. The standard InChI is InChI=1S/C16H16N2O5S2/c1-24-9-7-25-15-10(14(21)18(15)11(9)16(22)23)17-13(20)12(19)8-5-3-2-4-6-8/h2-6,10,12,15,19H,7H2,1H3,(H,17,20)(H,22,23)/t10-,12-,15-/m1/s1. The number of benzene rings is 1. The Bertz CT molecular complexity index is 752. The summed E-state index contributed by atoms with van der Waals surface area (Å²) in [6, 6.07) is 7.56. The van der Waals surface area contributed by atoms with Crippen LogP contribution in [0.3, 0.4) is 0 Å². The maximum absolute atomic E-state index is 12.4. The van der Waals surface area contributed by atoms with Gasteiger partial charge in [-0.2, -0.15) is 0 Å². The summed E-state index contributed by atoms with van der Waals surface area (Å²) in [4.78, 5) is 37.9. The Morgan fingerprint density at radius 1 is 1.36 bits per heavy atom. The third-order valence-corrected chi connectivity index (χ3v) is 6.34. The van der Waals surface area contributed by atoms with Gasteiger partial charge in [0, 0.05) is 10.7 Å². The SMILES string of the molecule is CSC1=C(C(=O)O)N2C(=O)[C@@H](NC(=O)[C@H](O)c3ccccc3)[C@H]2SC1. The number of rotatable bonds is 5. The normalized spacial score (nSPS) is 23.6. The third kappa shape index (κ3) is 3.14. The van der Waals surface area contributed by atoms with Gasteiger partial charge in [-0.3, -0.25) is 14.5 Å². The highest BCUT2D eigenvalue weighted by molar-refractivity contribution is 8.05. The average Bonchev–Trinajstić information content (AvgIpc) is 2.64. The summed E-state index contributed by atoms with van der Waals surface area (Å²) in [6.45, 7) is 0. The van der Waals surface area contributed by atoms with E-state index in [4.69, 9.17) is 0 Å². The quantitative estimate of drug-likeness (QED) is 0.648. The number of nitrogens with zero attached hydrogens (tertiary/aromatic N) is 1. The molecule has 7 nitrogen and oxygen atoms in total. The molecule has 9 heteroatoms. The fourth-order valence-electron chi connectivity index (χ4n) is 2.77. The van der Waals surface area contributed by atoms with Crippen molar-refractivity contribution in [2.45, 2.75) is 17.5 Å². The fourth-order valence-corrected chi connectivity index (χ4v) is 5.01. The van der Waals surface area contributed by atoms with E-state index in [0.29, 0.717) is 16.2 Å². The number of carbonyl (C=O) groups is 3. The molecule has 25 heavy (non-hydrogen) atoms. The smallest absolute Gasteiger partial charge is 0.353 e. The van der Waals surface area contributed by atoms with Crippen LogP contribution >= 0.6 is 23.5 Å². The summed E-state index contributed by atoms with van der Waals surface area (Å²) in [6.07, 6.45) is 0.381. The van der Waals surface area contributed by atoms with Gasteiger partial charge < -0.3 is 15.5 Å². The van der Waals surface area contributed by atoms with Crippen LogP contribution in [-0.4, -0.2) is 56.3 Å². The van der Waals surface area contributed by atoms with E-state index in [1.165, 1.54) is 28.4 Å². The van der Waals surface area contributed by atoms with E-state index < -0.39 is 35.3 Å². The number of hydrogen-bond donors (Lipinski definition) is 3. The number of carboxylic acid groups (broad SMARTS) is 1. The van der Waals surface area contributed by atoms with Crippen LogP contribution in [0.2, 0.25) is 0 Å². The topological polar surface area (TPSA) is 107 Å². The lowest BCUT2D eigenvalue weighted by Gasteiger charge is -2.49. The highest BCUT2D eigenvalue weighted by atomic mass is 32.2. The van der Waals surface area contributed by atoms with E-state index in [1.807, 2.05) is 0 Å². The molecule has 0 radical (unpaired) electrons. The maximum atomic E-state index is 12.4. The van der Waals surface area contributed by atoms with Crippen molar-refractivity contribution in [3.8, 4) is 0 Å². The second kappa shape index (κ2) is 7.11. The van der Waals surface area contributed by atoms with Crippen molar-refractivity contribution in [2.75, 3.05) is 12.0 Å². The highest BCUT2D eigenvalue weighted by Gasteiger charge is 2.54. The molecule has 1 aromatic carbocycles. The van der Waals surface area contributed by atoms with E-state index in [2.05, 4.69) is 5.32 Å². The molecule has 2 amide bonds. The molecule has 2 aliphatic rings. The highest BCUT2D eigenvalue weighted by Crippen LogP contribution is 2.42. The van der Waals surface area contributed by atoms with Gasteiger partial charge in [-0.15, -0.1) is 23.5 Å². The van der Waals surface area contributed by atoms with Gasteiger partial charge in [0.2, 0.25) is 0 Å². The van der Waals surface area contributed by atoms with Gasteiger partial charge in [0.1, 0.15) is 17.1 Å². The van der Waals surface area contributed by atoms with E-state index in [0.717, 1.165) is 0 Å². The number of carbonyl (C=O) groups excluding carboxylic acids is 2. The van der Waals surface area contributed by atoms with Crippen molar-refractivity contribution in [1.82, 2.24) is 10.2 Å². The van der Waals surface area contributed by atoms with Gasteiger partial charge in [0.25, 0.3) is 11.8 Å². The molecule has 2 heterocycles. The molecule has 2 aliphatic heterocycles. The van der Waals surface area contributed by atoms with Crippen LogP contribution in [0.4, 0.5) is 0 Å². The van der Waals surface area contributed by atoms with Gasteiger partial charge in [-0.1, -0.05) is 30.3 Å². The van der Waals surface area contributed by atoms with E-state index in [-0.39, 0.29) is 5.70 Å². The molecule has 3 atom stereocenters. The first-order valence-electron chi connectivity index (χ1n) is 7.44. The van der Waals surface area contributed by atoms with Crippen molar-refractivity contribution in [3.63, 3.8) is 0 Å². The summed E-state index contributed by atoms with van der Waals surface area (Å²) in [5, 5.41) is 21.6. The van der Waals surface area contributed by atoms with Gasteiger partial charge in [0.15, 0.2) is 6.10 Å². The van der Waals surface area contributed by atoms with Crippen LogP contribution in [0.5, 0.6) is 0 Å². The van der Waals surface area contributed by atoms with Crippen molar-refractivity contribution < 1.29 is 24.6 Å². The van der Waals surface area contributed by atoms with Gasteiger partial charge in [-0.25, -0.2) is 4.79 Å².